The average Bonchev–Trinajstić information content (AvgIpc) is 3.30. The van der Waals surface area contributed by atoms with Crippen LogP contribution in [0.15, 0.2) is 44.3 Å². The van der Waals surface area contributed by atoms with Crippen LogP contribution in [0.4, 0.5) is 0 Å². The molecule has 0 atom stereocenters. The normalized spacial score (nSPS) is 12.3. The fraction of sp³-hybridized carbons (Fsp3) is 0.235. The summed E-state index contributed by atoms with van der Waals surface area (Å²) in [6.45, 7) is 1.68. The molecule has 28 heavy (non-hydrogen) atoms. The number of carbonyl (C=O) groups is 2. The first-order valence-electron chi connectivity index (χ1n) is 8.07. The number of sulfonamides is 1. The number of nitrogens with zero attached hydrogens (tertiary/aromatic N) is 2. The number of rotatable bonds is 6. The highest BCUT2D eigenvalue weighted by molar-refractivity contribution is 7.92. The summed E-state index contributed by atoms with van der Waals surface area (Å²) in [7, 11) is -2.66. The second-order valence-electron chi connectivity index (χ2n) is 5.45. The van der Waals surface area contributed by atoms with Crippen LogP contribution in [0.25, 0.3) is 10.2 Å². The SMILES string of the molecule is CCOC(=O)Cn1c(=NS(=O)(=O)c2cccs2)sc2cc(C(=O)OC)ccc21. The molecule has 148 valence electrons. The summed E-state index contributed by atoms with van der Waals surface area (Å²) in [5.41, 5.74) is 0.873. The molecule has 1 aromatic carbocycles. The molecular weight excluding hydrogens is 424 g/mol. The van der Waals surface area contributed by atoms with Gasteiger partial charge in [-0.3, -0.25) is 4.79 Å². The Kier molecular flexibility index (Phi) is 5.96. The quantitative estimate of drug-likeness (QED) is 0.545. The molecular formula is C17H16N2O6S3. The highest BCUT2D eigenvalue weighted by Crippen LogP contribution is 2.22. The van der Waals surface area contributed by atoms with Gasteiger partial charge in [-0.25, -0.2) is 4.79 Å². The van der Waals surface area contributed by atoms with Gasteiger partial charge >= 0.3 is 11.9 Å². The monoisotopic (exact) mass is 440 g/mol. The van der Waals surface area contributed by atoms with Crippen LogP contribution in [0.1, 0.15) is 17.3 Å². The maximum absolute atomic E-state index is 12.6. The van der Waals surface area contributed by atoms with Crippen LogP contribution in [0.3, 0.4) is 0 Å². The first kappa shape index (κ1) is 20.2. The fourth-order valence-electron chi connectivity index (χ4n) is 2.43. The first-order valence-corrected chi connectivity index (χ1v) is 11.2. The van der Waals surface area contributed by atoms with Crippen molar-refractivity contribution in [3.63, 3.8) is 0 Å². The number of benzene rings is 1. The summed E-state index contributed by atoms with van der Waals surface area (Å²) in [6.07, 6.45) is 0. The molecule has 11 heteroatoms. The minimum Gasteiger partial charge on any atom is -0.465 e. The molecule has 0 saturated heterocycles. The lowest BCUT2D eigenvalue weighted by molar-refractivity contribution is -0.143. The Hall–Kier alpha value is -2.50. The van der Waals surface area contributed by atoms with Crippen LogP contribution in [-0.4, -0.2) is 38.6 Å². The highest BCUT2D eigenvalue weighted by atomic mass is 32.2. The van der Waals surface area contributed by atoms with Crippen molar-refractivity contribution in [1.29, 1.82) is 0 Å². The first-order chi connectivity index (χ1) is 13.4. The molecule has 0 N–H and O–H groups in total. The minimum atomic E-state index is -3.93. The molecule has 0 saturated carbocycles. The van der Waals surface area contributed by atoms with Gasteiger partial charge in [-0.05, 0) is 36.6 Å². The number of thiophene rings is 1. The van der Waals surface area contributed by atoms with Crippen molar-refractivity contribution in [2.75, 3.05) is 13.7 Å². The summed E-state index contributed by atoms with van der Waals surface area (Å²) < 4.78 is 40.9. The third kappa shape index (κ3) is 4.16. The molecule has 2 heterocycles. The van der Waals surface area contributed by atoms with Gasteiger partial charge in [0.1, 0.15) is 10.8 Å². The Balaban J connectivity index is 2.20. The van der Waals surface area contributed by atoms with Gasteiger partial charge in [0.05, 0.1) is 29.5 Å². The molecule has 0 radical (unpaired) electrons. The third-order valence-electron chi connectivity index (χ3n) is 3.64. The van der Waals surface area contributed by atoms with Crippen LogP contribution in [0.5, 0.6) is 0 Å². The van der Waals surface area contributed by atoms with E-state index >= 15 is 0 Å². The maximum Gasteiger partial charge on any atom is 0.337 e. The summed E-state index contributed by atoms with van der Waals surface area (Å²) in [5.74, 6) is -1.04. The number of hydrogen-bond acceptors (Lipinski definition) is 8. The van der Waals surface area contributed by atoms with Crippen LogP contribution < -0.4 is 4.80 Å². The van der Waals surface area contributed by atoms with E-state index in [9.17, 15) is 18.0 Å². The fourth-order valence-corrected chi connectivity index (χ4v) is 5.67. The Morgan fingerprint density at radius 1 is 1.25 bits per heavy atom. The van der Waals surface area contributed by atoms with Gasteiger partial charge in [0.25, 0.3) is 10.0 Å². The van der Waals surface area contributed by atoms with E-state index in [0.29, 0.717) is 15.8 Å². The third-order valence-corrected chi connectivity index (χ3v) is 7.44. The number of hydrogen-bond donors (Lipinski definition) is 0. The van der Waals surface area contributed by atoms with Gasteiger partial charge in [-0.2, -0.15) is 8.42 Å². The van der Waals surface area contributed by atoms with E-state index in [0.717, 1.165) is 22.7 Å². The smallest absolute Gasteiger partial charge is 0.337 e. The maximum atomic E-state index is 12.6. The molecule has 0 amide bonds. The van der Waals surface area contributed by atoms with Gasteiger partial charge in [0.2, 0.25) is 4.80 Å². The topological polar surface area (TPSA) is 104 Å². The van der Waals surface area contributed by atoms with Crippen molar-refractivity contribution in [2.45, 2.75) is 17.7 Å². The Morgan fingerprint density at radius 2 is 2.04 bits per heavy atom. The molecule has 2 aromatic heterocycles. The van der Waals surface area contributed by atoms with Crippen molar-refractivity contribution in [3.05, 3.63) is 46.1 Å². The van der Waals surface area contributed by atoms with Crippen molar-refractivity contribution in [2.24, 2.45) is 4.40 Å². The molecule has 0 unspecified atom stereocenters. The van der Waals surface area contributed by atoms with Crippen molar-refractivity contribution in [3.8, 4) is 0 Å². The van der Waals surface area contributed by atoms with Crippen LogP contribution in [0, 0.1) is 0 Å². The van der Waals surface area contributed by atoms with Gasteiger partial charge in [0.15, 0.2) is 0 Å². The van der Waals surface area contributed by atoms with E-state index in [4.69, 9.17) is 9.47 Å². The molecule has 0 bridgehead atoms. The lowest BCUT2D eigenvalue weighted by Gasteiger charge is -2.05. The van der Waals surface area contributed by atoms with E-state index in [1.54, 1.807) is 36.6 Å². The second-order valence-corrected chi connectivity index (χ2v) is 9.24. The van der Waals surface area contributed by atoms with Crippen LogP contribution in [-0.2, 0) is 30.8 Å². The number of thiazole rings is 1. The summed E-state index contributed by atoms with van der Waals surface area (Å²) in [4.78, 5) is 23.9. The Morgan fingerprint density at radius 3 is 2.68 bits per heavy atom. The predicted octanol–water partition coefficient (Wildman–Crippen LogP) is 2.40. The number of methoxy groups -OCH3 is 1. The second kappa shape index (κ2) is 8.25. The number of ether oxygens (including phenoxy) is 2. The van der Waals surface area contributed by atoms with Gasteiger partial charge < -0.3 is 14.0 Å². The van der Waals surface area contributed by atoms with E-state index in [2.05, 4.69) is 4.40 Å². The summed E-state index contributed by atoms with van der Waals surface area (Å²) in [5, 5.41) is 1.64. The zero-order valence-electron chi connectivity index (χ0n) is 14.9. The number of fused-ring (bicyclic) bond motifs is 1. The van der Waals surface area contributed by atoms with Crippen LogP contribution >= 0.6 is 22.7 Å². The number of aromatic nitrogens is 1. The van der Waals surface area contributed by atoms with E-state index in [1.165, 1.54) is 17.7 Å². The standard InChI is InChI=1S/C17H16N2O6S3/c1-3-25-14(20)10-19-12-7-6-11(16(21)24-2)9-13(12)27-17(19)18-28(22,23)15-5-4-8-26-15/h4-9H,3,10H2,1-2H3. The lowest BCUT2D eigenvalue weighted by atomic mass is 10.2. The number of esters is 2. The minimum absolute atomic E-state index is 0.0999. The Labute approximate surface area is 168 Å². The zero-order valence-corrected chi connectivity index (χ0v) is 17.4. The predicted molar refractivity (Wildman–Crippen MR) is 105 cm³/mol. The molecule has 0 spiro atoms. The molecule has 0 aliphatic heterocycles. The van der Waals surface area contributed by atoms with Crippen molar-refractivity contribution >= 4 is 54.9 Å². The molecule has 8 nitrogen and oxygen atoms in total. The summed E-state index contributed by atoms with van der Waals surface area (Å²) >= 11 is 2.11. The largest absolute Gasteiger partial charge is 0.465 e. The van der Waals surface area contributed by atoms with Gasteiger partial charge in [-0.15, -0.1) is 15.7 Å². The number of carbonyl (C=O) groups excluding carboxylic acids is 2. The molecule has 0 aliphatic carbocycles. The lowest BCUT2D eigenvalue weighted by Crippen LogP contribution is -2.23. The molecule has 0 fully saturated rings. The van der Waals surface area contributed by atoms with Crippen molar-refractivity contribution < 1.29 is 27.5 Å². The molecule has 3 aromatic rings. The van der Waals surface area contributed by atoms with E-state index in [-0.39, 0.29) is 22.2 Å². The molecule has 3 rings (SSSR count). The van der Waals surface area contributed by atoms with E-state index < -0.39 is 22.0 Å². The average molecular weight is 441 g/mol. The van der Waals surface area contributed by atoms with Crippen LogP contribution in [0.2, 0.25) is 0 Å². The Bertz CT molecular complexity index is 1190. The van der Waals surface area contributed by atoms with E-state index in [1.807, 2.05) is 0 Å². The molecule has 0 aliphatic rings. The van der Waals surface area contributed by atoms with Crippen molar-refractivity contribution in [1.82, 2.24) is 4.57 Å². The van der Waals surface area contributed by atoms with Gasteiger partial charge in [-0.1, -0.05) is 17.4 Å². The van der Waals surface area contributed by atoms with Gasteiger partial charge in [0, 0.05) is 0 Å². The zero-order chi connectivity index (χ0) is 20.3. The summed E-state index contributed by atoms with van der Waals surface area (Å²) in [6, 6.07) is 7.81. The highest BCUT2D eigenvalue weighted by Gasteiger charge is 2.18.